The fourth-order valence-electron chi connectivity index (χ4n) is 3.40. The second-order valence-electron chi connectivity index (χ2n) is 6.82. The van der Waals surface area contributed by atoms with Crippen LogP contribution in [0, 0.1) is 11.6 Å². The molecule has 4 rings (SSSR count). The number of aromatic nitrogens is 6. The molecule has 0 aliphatic heterocycles. The summed E-state index contributed by atoms with van der Waals surface area (Å²) in [5, 5.41) is 23.2. The van der Waals surface area contributed by atoms with Crippen LogP contribution < -0.4 is 0 Å². The van der Waals surface area contributed by atoms with Gasteiger partial charge in [-0.15, -0.1) is 10.2 Å². The summed E-state index contributed by atoms with van der Waals surface area (Å²) >= 11 is 0. The van der Waals surface area contributed by atoms with Crippen molar-refractivity contribution in [1.82, 2.24) is 29.5 Å². The Hall–Kier alpha value is -3.46. The van der Waals surface area contributed by atoms with E-state index in [4.69, 9.17) is 0 Å². The lowest BCUT2D eigenvalue weighted by Gasteiger charge is -2.35. The van der Waals surface area contributed by atoms with Crippen molar-refractivity contribution in [2.24, 2.45) is 0 Å². The molecule has 4 aromatic rings. The zero-order chi connectivity index (χ0) is 20.4. The number of rotatable bonds is 6. The summed E-state index contributed by atoms with van der Waals surface area (Å²) in [5.41, 5.74) is -0.0829. The molecule has 0 saturated carbocycles. The van der Waals surface area contributed by atoms with Gasteiger partial charge in [0.05, 0.1) is 6.54 Å². The third kappa shape index (κ3) is 3.64. The fourth-order valence-corrected chi connectivity index (χ4v) is 3.40. The Labute approximate surface area is 165 Å². The molecule has 0 aliphatic rings. The Morgan fingerprint density at radius 3 is 2.38 bits per heavy atom. The minimum Gasteiger partial charge on any atom is -0.382 e. The molecule has 0 fully saturated rings. The number of hydrogen-bond donors (Lipinski definition) is 1. The first-order valence-corrected chi connectivity index (χ1v) is 8.92. The van der Waals surface area contributed by atoms with Crippen LogP contribution >= 0.6 is 0 Å². The van der Waals surface area contributed by atoms with Crippen LogP contribution in [0.3, 0.4) is 0 Å². The van der Waals surface area contributed by atoms with E-state index in [1.807, 2.05) is 24.3 Å². The maximum atomic E-state index is 14.6. The molecule has 1 N–H and O–H groups in total. The summed E-state index contributed by atoms with van der Waals surface area (Å²) < 4.78 is 31.3. The van der Waals surface area contributed by atoms with E-state index in [1.165, 1.54) is 23.4 Å². The Bertz CT molecular complexity index is 1080. The topological polar surface area (TPSA) is 81.6 Å². The van der Waals surface area contributed by atoms with Gasteiger partial charge in [-0.1, -0.05) is 25.1 Å². The van der Waals surface area contributed by atoms with Crippen molar-refractivity contribution in [2.75, 3.05) is 0 Å². The van der Waals surface area contributed by atoms with Gasteiger partial charge < -0.3 is 5.11 Å². The molecule has 9 heteroatoms. The molecule has 2 aromatic heterocycles. The minimum atomic E-state index is -1.69. The van der Waals surface area contributed by atoms with Crippen LogP contribution in [0.2, 0.25) is 0 Å². The van der Waals surface area contributed by atoms with E-state index in [2.05, 4.69) is 20.3 Å². The molecule has 0 unspecified atom stereocenters. The summed E-state index contributed by atoms with van der Waals surface area (Å²) in [6, 6.07) is 10.6. The number of benzene rings is 2. The molecule has 148 valence electrons. The smallest absolute Gasteiger partial charge is 0.137 e. The normalized spacial score (nSPS) is 14.5. The van der Waals surface area contributed by atoms with Crippen molar-refractivity contribution in [3.63, 3.8) is 0 Å². The third-order valence-electron chi connectivity index (χ3n) is 5.09. The van der Waals surface area contributed by atoms with Gasteiger partial charge >= 0.3 is 0 Å². The zero-order valence-electron chi connectivity index (χ0n) is 15.5. The highest BCUT2D eigenvalue weighted by molar-refractivity contribution is 5.38. The van der Waals surface area contributed by atoms with Crippen LogP contribution in [0.25, 0.3) is 5.69 Å². The Morgan fingerprint density at radius 2 is 1.76 bits per heavy atom. The molecule has 0 amide bonds. The van der Waals surface area contributed by atoms with Gasteiger partial charge in [0.25, 0.3) is 0 Å². The maximum Gasteiger partial charge on any atom is 0.137 e. The van der Waals surface area contributed by atoms with Crippen LogP contribution in [-0.2, 0) is 12.1 Å². The molecule has 0 saturated heterocycles. The zero-order valence-corrected chi connectivity index (χ0v) is 15.5. The van der Waals surface area contributed by atoms with Crippen molar-refractivity contribution in [3.8, 4) is 5.69 Å². The molecule has 0 aliphatic carbocycles. The standard InChI is InChI=1S/C20H18F2N6O/c1-14(15-2-5-17(6-3-15)27-12-24-25-13-27)20(29,9-28-11-23-10-26-28)18-7-4-16(21)8-19(18)22/h2-8,10-14,29H,9H2,1H3/t14-,20+/m1/s1. The first kappa shape index (κ1) is 18.9. The van der Waals surface area contributed by atoms with E-state index < -0.39 is 23.2 Å². The van der Waals surface area contributed by atoms with Gasteiger partial charge in [0.15, 0.2) is 0 Å². The maximum absolute atomic E-state index is 14.6. The third-order valence-corrected chi connectivity index (χ3v) is 5.09. The van der Waals surface area contributed by atoms with E-state index >= 15 is 0 Å². The Morgan fingerprint density at radius 1 is 1.03 bits per heavy atom. The summed E-state index contributed by atoms with van der Waals surface area (Å²) in [4.78, 5) is 3.88. The van der Waals surface area contributed by atoms with E-state index in [1.54, 1.807) is 24.1 Å². The van der Waals surface area contributed by atoms with Gasteiger partial charge in [-0.05, 0) is 23.8 Å². The van der Waals surface area contributed by atoms with Crippen molar-refractivity contribution in [2.45, 2.75) is 25.0 Å². The number of aliphatic hydroxyl groups is 1. The number of nitrogens with zero attached hydrogens (tertiary/aromatic N) is 6. The first-order chi connectivity index (χ1) is 14.0. The van der Waals surface area contributed by atoms with Gasteiger partial charge in [0.1, 0.15) is 42.5 Å². The van der Waals surface area contributed by atoms with Crippen LogP contribution in [0.4, 0.5) is 8.78 Å². The van der Waals surface area contributed by atoms with E-state index in [0.29, 0.717) is 0 Å². The predicted molar refractivity (Wildman–Crippen MR) is 100 cm³/mol. The molecule has 2 atom stereocenters. The average molecular weight is 396 g/mol. The SMILES string of the molecule is C[C@H](c1ccc(-n2cnnc2)cc1)[C@@](O)(Cn1cncn1)c1ccc(F)cc1F. The van der Waals surface area contributed by atoms with E-state index in [9.17, 15) is 13.9 Å². The summed E-state index contributed by atoms with van der Waals surface area (Å²) in [7, 11) is 0. The van der Waals surface area contributed by atoms with Crippen molar-refractivity contribution >= 4 is 0 Å². The molecule has 0 bridgehead atoms. The Balaban J connectivity index is 1.74. The van der Waals surface area contributed by atoms with Gasteiger partial charge in [-0.3, -0.25) is 4.57 Å². The van der Waals surface area contributed by atoms with Crippen molar-refractivity contribution in [1.29, 1.82) is 0 Å². The quantitative estimate of drug-likeness (QED) is 0.542. The predicted octanol–water partition coefficient (Wildman–Crippen LogP) is 2.83. The highest BCUT2D eigenvalue weighted by atomic mass is 19.1. The highest BCUT2D eigenvalue weighted by Crippen LogP contribution is 2.39. The number of hydrogen-bond acceptors (Lipinski definition) is 5. The van der Waals surface area contributed by atoms with Gasteiger partial charge in [0, 0.05) is 23.2 Å². The van der Waals surface area contributed by atoms with Gasteiger partial charge in [-0.25, -0.2) is 18.4 Å². The van der Waals surface area contributed by atoms with Gasteiger partial charge in [-0.2, -0.15) is 5.10 Å². The molecule has 29 heavy (non-hydrogen) atoms. The van der Waals surface area contributed by atoms with Crippen molar-refractivity contribution < 1.29 is 13.9 Å². The van der Waals surface area contributed by atoms with Crippen LogP contribution in [0.1, 0.15) is 24.0 Å². The second kappa shape index (κ2) is 7.51. The molecule has 2 heterocycles. The molecule has 0 spiro atoms. The summed E-state index contributed by atoms with van der Waals surface area (Å²) in [6.07, 6.45) is 5.93. The second-order valence-corrected chi connectivity index (χ2v) is 6.82. The summed E-state index contributed by atoms with van der Waals surface area (Å²) in [6.45, 7) is 1.73. The summed E-state index contributed by atoms with van der Waals surface area (Å²) in [5.74, 6) is -2.07. The molecular formula is C20H18F2N6O. The van der Waals surface area contributed by atoms with Crippen LogP contribution in [-0.4, -0.2) is 34.6 Å². The van der Waals surface area contributed by atoms with E-state index in [-0.39, 0.29) is 12.1 Å². The lowest BCUT2D eigenvalue weighted by molar-refractivity contribution is -0.0112. The molecule has 2 aromatic carbocycles. The largest absolute Gasteiger partial charge is 0.382 e. The Kier molecular flexibility index (Phi) is 4.89. The average Bonchev–Trinajstić information content (AvgIpc) is 3.41. The minimum absolute atomic E-state index is 0.00946. The molecular weight excluding hydrogens is 378 g/mol. The first-order valence-electron chi connectivity index (χ1n) is 8.92. The highest BCUT2D eigenvalue weighted by Gasteiger charge is 2.39. The lowest BCUT2D eigenvalue weighted by Crippen LogP contribution is -2.38. The van der Waals surface area contributed by atoms with Crippen LogP contribution in [0.5, 0.6) is 0 Å². The fraction of sp³-hybridized carbons (Fsp3) is 0.200. The van der Waals surface area contributed by atoms with Crippen LogP contribution in [0.15, 0.2) is 67.8 Å². The molecule has 0 radical (unpaired) electrons. The monoisotopic (exact) mass is 396 g/mol. The number of halogens is 2. The van der Waals surface area contributed by atoms with Gasteiger partial charge in [0.2, 0.25) is 0 Å². The van der Waals surface area contributed by atoms with E-state index in [0.717, 1.165) is 23.4 Å². The molecule has 7 nitrogen and oxygen atoms in total. The lowest BCUT2D eigenvalue weighted by atomic mass is 9.78. The van der Waals surface area contributed by atoms with Crippen molar-refractivity contribution in [3.05, 3.63) is 90.5 Å².